The van der Waals surface area contributed by atoms with E-state index in [0.717, 1.165) is 11.5 Å². The van der Waals surface area contributed by atoms with Crippen LogP contribution >= 0.6 is 0 Å². The van der Waals surface area contributed by atoms with Gasteiger partial charge in [-0.3, -0.25) is 14.8 Å². The molecule has 0 aliphatic heterocycles. The monoisotopic (exact) mass is 349 g/mol. The molecule has 3 aromatic heterocycles. The first-order valence-electron chi connectivity index (χ1n) is 8.47. The number of rotatable bonds is 5. The Balaban J connectivity index is 1.47. The Morgan fingerprint density at radius 1 is 1.15 bits per heavy atom. The van der Waals surface area contributed by atoms with E-state index in [4.69, 9.17) is 0 Å². The first kappa shape index (κ1) is 16.2. The van der Waals surface area contributed by atoms with Crippen LogP contribution in [0.5, 0.6) is 0 Å². The molecule has 2 N–H and O–H groups in total. The minimum absolute atomic E-state index is 0.204. The Morgan fingerprint density at radius 2 is 2.00 bits per heavy atom. The molecule has 0 spiro atoms. The zero-order valence-corrected chi connectivity index (χ0v) is 14.6. The molecule has 1 amide bonds. The van der Waals surface area contributed by atoms with E-state index in [1.165, 1.54) is 12.8 Å². The molecule has 8 nitrogen and oxygen atoms in total. The van der Waals surface area contributed by atoms with Crippen LogP contribution in [-0.2, 0) is 7.05 Å². The second-order valence-corrected chi connectivity index (χ2v) is 6.29. The summed E-state index contributed by atoms with van der Waals surface area (Å²) in [6, 6.07) is 7.34. The summed E-state index contributed by atoms with van der Waals surface area (Å²) in [6.07, 6.45) is 5.62. The maximum absolute atomic E-state index is 12.4. The predicted molar refractivity (Wildman–Crippen MR) is 97.9 cm³/mol. The number of aromatic nitrogens is 5. The fourth-order valence-corrected chi connectivity index (χ4v) is 2.78. The molecule has 0 saturated heterocycles. The SMILES string of the molecule is CNc1c(-c2ccc(NC(=O)c3ccc(C4CC4)nc3)cn2)nnn1C. The lowest BCUT2D eigenvalue weighted by molar-refractivity contribution is 0.102. The number of carbonyl (C=O) groups excluding carboxylic acids is 1. The summed E-state index contributed by atoms with van der Waals surface area (Å²) >= 11 is 0. The van der Waals surface area contributed by atoms with Gasteiger partial charge in [0.25, 0.3) is 5.91 Å². The lowest BCUT2D eigenvalue weighted by atomic mass is 10.2. The van der Waals surface area contributed by atoms with E-state index < -0.39 is 0 Å². The standard InChI is InChI=1S/C18H19N7O/c1-19-17-16(23-24-25(17)2)15-8-6-13(10-21-15)22-18(26)12-5-7-14(20-9-12)11-3-4-11/h5-11,19H,3-4H2,1-2H3,(H,22,26). The van der Waals surface area contributed by atoms with Crippen molar-refractivity contribution in [2.24, 2.45) is 7.05 Å². The molecule has 0 unspecified atom stereocenters. The van der Waals surface area contributed by atoms with E-state index >= 15 is 0 Å². The van der Waals surface area contributed by atoms with Gasteiger partial charge in [-0.25, -0.2) is 4.68 Å². The lowest BCUT2D eigenvalue weighted by Crippen LogP contribution is -2.12. The van der Waals surface area contributed by atoms with Gasteiger partial charge in [-0.1, -0.05) is 5.21 Å². The fourth-order valence-electron chi connectivity index (χ4n) is 2.78. The van der Waals surface area contributed by atoms with Gasteiger partial charge >= 0.3 is 0 Å². The van der Waals surface area contributed by atoms with Crippen molar-refractivity contribution < 1.29 is 4.79 Å². The average Bonchev–Trinajstić information content (AvgIpc) is 3.45. The van der Waals surface area contributed by atoms with Crippen molar-refractivity contribution >= 4 is 17.4 Å². The minimum Gasteiger partial charge on any atom is -0.371 e. The predicted octanol–water partition coefficient (Wildman–Crippen LogP) is 2.44. The Hall–Kier alpha value is -3.29. The highest BCUT2D eigenvalue weighted by atomic mass is 16.1. The second kappa shape index (κ2) is 6.55. The molecular weight excluding hydrogens is 330 g/mol. The van der Waals surface area contributed by atoms with Crippen LogP contribution in [0, 0.1) is 0 Å². The van der Waals surface area contributed by atoms with Crippen molar-refractivity contribution in [1.29, 1.82) is 0 Å². The summed E-state index contributed by atoms with van der Waals surface area (Å²) in [5.74, 6) is 1.15. The molecule has 132 valence electrons. The molecular formula is C18H19N7O. The van der Waals surface area contributed by atoms with Gasteiger partial charge < -0.3 is 10.6 Å². The summed E-state index contributed by atoms with van der Waals surface area (Å²) in [6.45, 7) is 0. The van der Waals surface area contributed by atoms with E-state index in [-0.39, 0.29) is 5.91 Å². The van der Waals surface area contributed by atoms with Crippen LogP contribution in [0.25, 0.3) is 11.4 Å². The Labute approximate surface area is 150 Å². The molecule has 0 atom stereocenters. The second-order valence-electron chi connectivity index (χ2n) is 6.29. The zero-order valence-electron chi connectivity index (χ0n) is 14.6. The molecule has 8 heteroatoms. The van der Waals surface area contributed by atoms with Crippen molar-refractivity contribution in [3.63, 3.8) is 0 Å². The first-order valence-corrected chi connectivity index (χ1v) is 8.47. The van der Waals surface area contributed by atoms with Crippen molar-refractivity contribution in [3.8, 4) is 11.4 Å². The van der Waals surface area contributed by atoms with Gasteiger partial charge in [0.05, 0.1) is 23.1 Å². The Bertz CT molecular complexity index is 927. The lowest BCUT2D eigenvalue weighted by Gasteiger charge is -2.07. The van der Waals surface area contributed by atoms with Crippen LogP contribution in [0.1, 0.15) is 34.8 Å². The minimum atomic E-state index is -0.204. The highest BCUT2D eigenvalue weighted by molar-refractivity contribution is 6.04. The number of aryl methyl sites for hydroxylation is 1. The normalized spacial score (nSPS) is 13.5. The van der Waals surface area contributed by atoms with Gasteiger partial charge in [-0.15, -0.1) is 5.10 Å². The smallest absolute Gasteiger partial charge is 0.257 e. The van der Waals surface area contributed by atoms with Crippen molar-refractivity contribution in [2.45, 2.75) is 18.8 Å². The highest BCUT2D eigenvalue weighted by Gasteiger charge is 2.24. The molecule has 4 rings (SSSR count). The topological polar surface area (TPSA) is 97.6 Å². The van der Waals surface area contributed by atoms with Gasteiger partial charge in [0, 0.05) is 31.9 Å². The highest BCUT2D eigenvalue weighted by Crippen LogP contribution is 2.38. The number of nitrogens with zero attached hydrogens (tertiary/aromatic N) is 5. The molecule has 3 heterocycles. The molecule has 1 fully saturated rings. The Morgan fingerprint density at radius 3 is 2.62 bits per heavy atom. The van der Waals surface area contributed by atoms with Crippen LogP contribution in [0.2, 0.25) is 0 Å². The van der Waals surface area contributed by atoms with E-state index in [9.17, 15) is 4.79 Å². The summed E-state index contributed by atoms with van der Waals surface area (Å²) in [4.78, 5) is 21.1. The number of nitrogens with one attached hydrogen (secondary N) is 2. The largest absolute Gasteiger partial charge is 0.371 e. The Kier molecular flexibility index (Phi) is 4.08. The van der Waals surface area contributed by atoms with Crippen LogP contribution in [0.4, 0.5) is 11.5 Å². The zero-order chi connectivity index (χ0) is 18.1. The number of hydrogen-bond donors (Lipinski definition) is 2. The first-order chi connectivity index (χ1) is 12.7. The van der Waals surface area contributed by atoms with Gasteiger partial charge in [0.1, 0.15) is 0 Å². The number of amides is 1. The molecule has 3 aromatic rings. The summed E-state index contributed by atoms with van der Waals surface area (Å²) in [5, 5.41) is 14.0. The van der Waals surface area contributed by atoms with E-state index in [1.54, 1.807) is 43.3 Å². The molecule has 1 saturated carbocycles. The third-order valence-electron chi connectivity index (χ3n) is 4.37. The summed E-state index contributed by atoms with van der Waals surface area (Å²) in [5.41, 5.74) is 3.55. The molecule has 0 radical (unpaired) electrons. The molecule has 0 aromatic carbocycles. The third-order valence-corrected chi connectivity index (χ3v) is 4.37. The van der Waals surface area contributed by atoms with E-state index in [1.807, 2.05) is 12.1 Å². The molecule has 1 aliphatic carbocycles. The third kappa shape index (κ3) is 3.13. The number of anilines is 2. The molecule has 0 bridgehead atoms. The summed E-state index contributed by atoms with van der Waals surface area (Å²) in [7, 11) is 3.61. The van der Waals surface area contributed by atoms with E-state index in [2.05, 4.69) is 30.9 Å². The van der Waals surface area contributed by atoms with Crippen LogP contribution in [-0.4, -0.2) is 37.9 Å². The maximum atomic E-state index is 12.4. The number of pyridine rings is 2. The number of carbonyl (C=O) groups is 1. The van der Waals surface area contributed by atoms with Crippen LogP contribution < -0.4 is 10.6 Å². The molecule has 1 aliphatic rings. The van der Waals surface area contributed by atoms with Gasteiger partial charge in [-0.2, -0.15) is 0 Å². The maximum Gasteiger partial charge on any atom is 0.257 e. The van der Waals surface area contributed by atoms with Crippen LogP contribution in [0.3, 0.4) is 0 Å². The van der Waals surface area contributed by atoms with Gasteiger partial charge in [0.2, 0.25) is 0 Å². The van der Waals surface area contributed by atoms with Crippen molar-refractivity contribution in [1.82, 2.24) is 25.0 Å². The quantitative estimate of drug-likeness (QED) is 0.734. The van der Waals surface area contributed by atoms with Gasteiger partial charge in [-0.05, 0) is 37.1 Å². The fraction of sp³-hybridized carbons (Fsp3) is 0.278. The molecule has 26 heavy (non-hydrogen) atoms. The van der Waals surface area contributed by atoms with E-state index in [0.29, 0.717) is 28.6 Å². The van der Waals surface area contributed by atoms with Crippen molar-refractivity contribution in [2.75, 3.05) is 17.7 Å². The van der Waals surface area contributed by atoms with Crippen molar-refractivity contribution in [3.05, 3.63) is 47.9 Å². The number of hydrogen-bond acceptors (Lipinski definition) is 6. The van der Waals surface area contributed by atoms with Crippen LogP contribution in [0.15, 0.2) is 36.7 Å². The summed E-state index contributed by atoms with van der Waals surface area (Å²) < 4.78 is 1.64. The average molecular weight is 349 g/mol. The van der Waals surface area contributed by atoms with Gasteiger partial charge in [0.15, 0.2) is 11.5 Å².